The van der Waals surface area contributed by atoms with Crippen molar-refractivity contribution in [3.8, 4) is 0 Å². The molecule has 22 heavy (non-hydrogen) atoms. The predicted molar refractivity (Wildman–Crippen MR) is 86.7 cm³/mol. The monoisotopic (exact) mass is 367 g/mol. The zero-order valence-corrected chi connectivity index (χ0v) is 15.2. The number of rotatable bonds is 5. The van der Waals surface area contributed by atoms with E-state index in [9.17, 15) is 13.2 Å². The number of nitrogens with zero attached hydrogens (tertiary/aromatic N) is 1. The van der Waals surface area contributed by atoms with Gasteiger partial charge < -0.3 is 4.74 Å². The molecule has 0 aromatic heterocycles. The summed E-state index contributed by atoms with van der Waals surface area (Å²) in [6, 6.07) is 4.37. The van der Waals surface area contributed by atoms with Gasteiger partial charge in [-0.1, -0.05) is 29.3 Å². The second-order valence-electron chi connectivity index (χ2n) is 5.71. The Kier molecular flexibility index (Phi) is 6.27. The number of ether oxygens (including phenoxy) is 1. The summed E-state index contributed by atoms with van der Waals surface area (Å²) in [5.41, 5.74) is -0.606. The summed E-state index contributed by atoms with van der Waals surface area (Å²) in [5, 5.41) is 0.122. The third kappa shape index (κ3) is 5.12. The zero-order valence-electron chi connectivity index (χ0n) is 12.9. The maximum absolute atomic E-state index is 12.4. The Morgan fingerprint density at radius 3 is 2.41 bits per heavy atom. The molecule has 1 aromatic carbocycles. The molecule has 1 rings (SSSR count). The molecule has 0 unspecified atom stereocenters. The van der Waals surface area contributed by atoms with E-state index in [1.54, 1.807) is 20.8 Å². The van der Waals surface area contributed by atoms with Crippen molar-refractivity contribution in [2.24, 2.45) is 0 Å². The van der Waals surface area contributed by atoms with Gasteiger partial charge in [0.1, 0.15) is 10.5 Å². The lowest BCUT2D eigenvalue weighted by molar-refractivity contribution is -0.154. The van der Waals surface area contributed by atoms with Crippen molar-refractivity contribution in [3.05, 3.63) is 28.2 Å². The topological polar surface area (TPSA) is 63.7 Å². The lowest BCUT2D eigenvalue weighted by Crippen LogP contribution is -2.31. The average Bonchev–Trinajstić information content (AvgIpc) is 2.36. The van der Waals surface area contributed by atoms with Crippen molar-refractivity contribution in [1.82, 2.24) is 4.31 Å². The van der Waals surface area contributed by atoms with E-state index in [4.69, 9.17) is 27.9 Å². The number of carbonyl (C=O) groups excluding carboxylic acids is 1. The summed E-state index contributed by atoms with van der Waals surface area (Å²) in [5.74, 6) is -0.466. The number of hydrogen-bond donors (Lipinski definition) is 0. The minimum absolute atomic E-state index is 0.0138. The predicted octanol–water partition coefficient (Wildman–Crippen LogP) is 3.35. The first kappa shape index (κ1) is 19.2. The number of sulfonamides is 1. The minimum Gasteiger partial charge on any atom is -0.460 e. The molecule has 5 nitrogen and oxygen atoms in total. The van der Waals surface area contributed by atoms with Crippen LogP contribution in [0, 0.1) is 0 Å². The minimum atomic E-state index is -3.82. The van der Waals surface area contributed by atoms with Crippen LogP contribution < -0.4 is 0 Å². The first-order valence-corrected chi connectivity index (χ1v) is 8.77. The Balaban J connectivity index is 2.82. The highest BCUT2D eigenvalue weighted by molar-refractivity contribution is 7.89. The van der Waals surface area contributed by atoms with Gasteiger partial charge >= 0.3 is 5.97 Å². The highest BCUT2D eigenvalue weighted by Crippen LogP contribution is 2.30. The Morgan fingerprint density at radius 2 is 1.86 bits per heavy atom. The first-order valence-electron chi connectivity index (χ1n) is 6.57. The number of halogens is 2. The molecule has 0 amide bonds. The van der Waals surface area contributed by atoms with Crippen LogP contribution in [-0.4, -0.2) is 37.9 Å². The van der Waals surface area contributed by atoms with E-state index in [0.29, 0.717) is 0 Å². The van der Waals surface area contributed by atoms with Crippen LogP contribution in [0.2, 0.25) is 10.0 Å². The lowest BCUT2D eigenvalue weighted by Gasteiger charge is -2.21. The Labute approximate surface area is 141 Å². The van der Waals surface area contributed by atoms with Gasteiger partial charge in [0.05, 0.1) is 16.5 Å². The molecule has 1 aromatic rings. The van der Waals surface area contributed by atoms with Gasteiger partial charge in [0.25, 0.3) is 0 Å². The van der Waals surface area contributed by atoms with E-state index >= 15 is 0 Å². The molecule has 0 aliphatic rings. The summed E-state index contributed by atoms with van der Waals surface area (Å²) in [4.78, 5) is 11.6. The molecule has 0 saturated heterocycles. The van der Waals surface area contributed by atoms with Crippen molar-refractivity contribution in [2.75, 3.05) is 13.6 Å². The van der Waals surface area contributed by atoms with Gasteiger partial charge in [-0.2, -0.15) is 0 Å². The average molecular weight is 368 g/mol. The molecule has 0 radical (unpaired) electrons. The van der Waals surface area contributed by atoms with E-state index in [1.807, 2.05) is 0 Å². The largest absolute Gasteiger partial charge is 0.460 e. The van der Waals surface area contributed by atoms with Gasteiger partial charge in [-0.15, -0.1) is 0 Å². The summed E-state index contributed by atoms with van der Waals surface area (Å²) < 4.78 is 31.1. The summed E-state index contributed by atoms with van der Waals surface area (Å²) in [6.07, 6.45) is -0.0504. The van der Waals surface area contributed by atoms with E-state index in [2.05, 4.69) is 0 Å². The Hall–Kier alpha value is -0.820. The van der Waals surface area contributed by atoms with E-state index in [0.717, 1.165) is 4.31 Å². The smallest absolute Gasteiger partial charge is 0.307 e. The number of benzene rings is 1. The van der Waals surface area contributed by atoms with Crippen molar-refractivity contribution < 1.29 is 17.9 Å². The standard InChI is InChI=1S/C14H19Cl2NO4S/c1-14(2,3)21-12(18)8-9-17(4)22(19,20)11-7-5-6-10(15)13(11)16/h5-7H,8-9H2,1-4H3. The second-order valence-corrected chi connectivity index (χ2v) is 8.51. The van der Waals surface area contributed by atoms with Gasteiger partial charge in [-0.3, -0.25) is 4.79 Å². The molecule has 0 heterocycles. The molecule has 0 N–H and O–H groups in total. The Morgan fingerprint density at radius 1 is 1.27 bits per heavy atom. The van der Waals surface area contributed by atoms with Crippen LogP contribution in [0.5, 0.6) is 0 Å². The Bertz CT molecular complexity index is 653. The molecule has 0 fully saturated rings. The molecule has 0 atom stereocenters. The third-order valence-electron chi connectivity index (χ3n) is 2.66. The fraction of sp³-hybridized carbons (Fsp3) is 0.500. The highest BCUT2D eigenvalue weighted by Gasteiger charge is 2.26. The molecule has 0 bridgehead atoms. The van der Waals surface area contributed by atoms with Gasteiger partial charge in [0.15, 0.2) is 0 Å². The van der Waals surface area contributed by atoms with Crippen molar-refractivity contribution >= 4 is 39.2 Å². The number of hydrogen-bond acceptors (Lipinski definition) is 4. The summed E-state index contributed by atoms with van der Waals surface area (Å²) in [6.45, 7) is 5.23. The fourth-order valence-electron chi connectivity index (χ4n) is 1.61. The molecular weight excluding hydrogens is 349 g/mol. The number of esters is 1. The summed E-state index contributed by atoms with van der Waals surface area (Å²) >= 11 is 11.8. The van der Waals surface area contributed by atoms with Crippen LogP contribution in [0.3, 0.4) is 0 Å². The first-order chi connectivity index (χ1) is 9.95. The van der Waals surface area contributed by atoms with Crippen LogP contribution in [0.15, 0.2) is 23.1 Å². The normalized spacial score (nSPS) is 12.5. The SMILES string of the molecule is CN(CCC(=O)OC(C)(C)C)S(=O)(=O)c1cccc(Cl)c1Cl. The maximum atomic E-state index is 12.4. The molecule has 124 valence electrons. The van der Waals surface area contributed by atoms with Gasteiger partial charge in [-0.25, -0.2) is 12.7 Å². The van der Waals surface area contributed by atoms with E-state index < -0.39 is 21.6 Å². The van der Waals surface area contributed by atoms with Crippen LogP contribution in [0.4, 0.5) is 0 Å². The third-order valence-corrected chi connectivity index (χ3v) is 5.49. The van der Waals surface area contributed by atoms with E-state index in [-0.39, 0.29) is 27.9 Å². The lowest BCUT2D eigenvalue weighted by atomic mass is 10.2. The second kappa shape index (κ2) is 7.17. The van der Waals surface area contributed by atoms with Gasteiger partial charge in [0, 0.05) is 13.6 Å². The van der Waals surface area contributed by atoms with Crippen LogP contribution in [0.25, 0.3) is 0 Å². The molecule has 0 spiro atoms. The molecule has 0 aliphatic heterocycles. The molecular formula is C14H19Cl2NO4S. The summed E-state index contributed by atoms with van der Waals surface area (Å²) in [7, 11) is -2.45. The van der Waals surface area contributed by atoms with Crippen LogP contribution in [0.1, 0.15) is 27.2 Å². The van der Waals surface area contributed by atoms with Crippen molar-refractivity contribution in [1.29, 1.82) is 0 Å². The van der Waals surface area contributed by atoms with Crippen LogP contribution in [-0.2, 0) is 19.6 Å². The molecule has 8 heteroatoms. The van der Waals surface area contributed by atoms with Crippen molar-refractivity contribution in [3.63, 3.8) is 0 Å². The highest BCUT2D eigenvalue weighted by atomic mass is 35.5. The van der Waals surface area contributed by atoms with E-state index in [1.165, 1.54) is 25.2 Å². The zero-order chi connectivity index (χ0) is 17.1. The van der Waals surface area contributed by atoms with Gasteiger partial charge in [-0.05, 0) is 32.9 Å². The quantitative estimate of drug-likeness (QED) is 0.748. The fourth-order valence-corrected chi connectivity index (χ4v) is 3.52. The van der Waals surface area contributed by atoms with Crippen LogP contribution >= 0.6 is 23.2 Å². The molecule has 0 saturated carbocycles. The van der Waals surface area contributed by atoms with Crippen molar-refractivity contribution in [2.45, 2.75) is 37.7 Å². The van der Waals surface area contributed by atoms with Gasteiger partial charge in [0.2, 0.25) is 10.0 Å². The molecule has 0 aliphatic carbocycles. The maximum Gasteiger partial charge on any atom is 0.307 e. The number of carbonyl (C=O) groups is 1.